The predicted octanol–water partition coefficient (Wildman–Crippen LogP) is 5.53. The second kappa shape index (κ2) is 7.01. The molecule has 0 N–H and O–H groups in total. The zero-order valence-corrected chi connectivity index (χ0v) is 19.3. The second-order valence-corrected chi connectivity index (χ2v) is 12.0. The number of fused-ring (bicyclic) bond motifs is 5. The van der Waals surface area contributed by atoms with Crippen LogP contribution in [0.2, 0.25) is 0 Å². The van der Waals surface area contributed by atoms with Gasteiger partial charge in [-0.3, -0.25) is 0 Å². The highest BCUT2D eigenvalue weighted by Crippen LogP contribution is 2.68. The molecule has 4 aliphatic carbocycles. The van der Waals surface area contributed by atoms with E-state index in [9.17, 15) is 0 Å². The van der Waals surface area contributed by atoms with E-state index in [0.29, 0.717) is 10.8 Å². The molecule has 0 aromatic heterocycles. The third-order valence-electron chi connectivity index (χ3n) is 10.8. The summed E-state index contributed by atoms with van der Waals surface area (Å²) < 4.78 is 0. The summed E-state index contributed by atoms with van der Waals surface area (Å²) in [6.45, 7) is 7.91. The minimum atomic E-state index is 0.606. The molecule has 9 atom stereocenters. The van der Waals surface area contributed by atoms with E-state index in [1.807, 2.05) is 0 Å². The van der Waals surface area contributed by atoms with Gasteiger partial charge in [0.05, 0.1) is 0 Å². The molecule has 0 spiro atoms. The first-order valence-electron chi connectivity index (χ1n) is 12.0. The number of nitrogens with zero attached hydrogens (tertiary/aromatic N) is 2. The lowest BCUT2D eigenvalue weighted by Gasteiger charge is -2.62. The van der Waals surface area contributed by atoms with Crippen LogP contribution in [0.25, 0.3) is 0 Å². The average molecular weight is 375 g/mol. The lowest BCUT2D eigenvalue weighted by molar-refractivity contribution is -0.122. The molecule has 0 aromatic carbocycles. The van der Waals surface area contributed by atoms with Crippen molar-refractivity contribution in [3.8, 4) is 0 Å². The molecule has 4 aliphatic rings. The number of hydrogen-bond acceptors (Lipinski definition) is 2. The Labute approximate surface area is 169 Å². The van der Waals surface area contributed by atoms with E-state index in [1.54, 1.807) is 0 Å². The van der Waals surface area contributed by atoms with Crippen molar-refractivity contribution in [2.24, 2.45) is 40.4 Å². The Balaban J connectivity index is 1.54. The van der Waals surface area contributed by atoms with E-state index >= 15 is 0 Å². The highest BCUT2D eigenvalue weighted by atomic mass is 15.1. The van der Waals surface area contributed by atoms with Crippen LogP contribution in [0, 0.1) is 40.4 Å². The average Bonchev–Trinajstić information content (AvgIpc) is 2.97. The summed E-state index contributed by atoms with van der Waals surface area (Å²) in [5.74, 6) is 4.95. The molecule has 0 saturated heterocycles. The Kier molecular flexibility index (Phi) is 5.25. The van der Waals surface area contributed by atoms with Crippen LogP contribution in [0.1, 0.15) is 78.6 Å². The predicted molar refractivity (Wildman–Crippen MR) is 116 cm³/mol. The van der Waals surface area contributed by atoms with Crippen LogP contribution >= 0.6 is 0 Å². The smallest absolute Gasteiger partial charge is 0.00944 e. The maximum atomic E-state index is 2.72. The Morgan fingerprint density at radius 3 is 2.11 bits per heavy atom. The standard InChI is InChI=1S/C25H46N2/c1-17(26(4)5)21-10-11-22-20-9-8-18-16-19(27(6)7)12-14-24(18,2)23(20)13-15-25(21,22)3/h17-23H,8-16H2,1-7H3/t17-,18+,19-,20-,21-,22+,23-,24-,25+/m0/s1. The Bertz CT molecular complexity index is 542. The minimum absolute atomic E-state index is 0.606. The summed E-state index contributed by atoms with van der Waals surface area (Å²) in [7, 11) is 9.19. The van der Waals surface area contributed by atoms with Gasteiger partial charge in [-0.2, -0.15) is 0 Å². The van der Waals surface area contributed by atoms with Gasteiger partial charge in [0.1, 0.15) is 0 Å². The van der Waals surface area contributed by atoms with Crippen molar-refractivity contribution >= 4 is 0 Å². The van der Waals surface area contributed by atoms with Crippen molar-refractivity contribution in [3.63, 3.8) is 0 Å². The fraction of sp³-hybridized carbons (Fsp3) is 1.00. The molecule has 4 saturated carbocycles. The van der Waals surface area contributed by atoms with Gasteiger partial charge in [0.15, 0.2) is 0 Å². The second-order valence-electron chi connectivity index (χ2n) is 12.0. The molecule has 4 fully saturated rings. The topological polar surface area (TPSA) is 6.48 Å². The number of hydrogen-bond donors (Lipinski definition) is 0. The van der Waals surface area contributed by atoms with Crippen LogP contribution in [-0.2, 0) is 0 Å². The fourth-order valence-electron chi connectivity index (χ4n) is 8.90. The van der Waals surface area contributed by atoms with Gasteiger partial charge < -0.3 is 9.80 Å². The molecule has 4 rings (SSSR count). The Morgan fingerprint density at radius 1 is 0.778 bits per heavy atom. The van der Waals surface area contributed by atoms with E-state index in [4.69, 9.17) is 0 Å². The van der Waals surface area contributed by atoms with Crippen molar-refractivity contribution in [3.05, 3.63) is 0 Å². The molecule has 2 nitrogen and oxygen atoms in total. The summed E-state index contributed by atoms with van der Waals surface area (Å²) in [5, 5.41) is 0. The largest absolute Gasteiger partial charge is 0.306 e. The summed E-state index contributed by atoms with van der Waals surface area (Å²) in [6, 6.07) is 1.57. The van der Waals surface area contributed by atoms with Crippen LogP contribution in [0.5, 0.6) is 0 Å². The van der Waals surface area contributed by atoms with Gasteiger partial charge in [-0.15, -0.1) is 0 Å². The third kappa shape index (κ3) is 3.03. The fourth-order valence-corrected chi connectivity index (χ4v) is 8.90. The van der Waals surface area contributed by atoms with Gasteiger partial charge in [0.25, 0.3) is 0 Å². The van der Waals surface area contributed by atoms with Crippen molar-refractivity contribution in [1.82, 2.24) is 9.80 Å². The molecule has 0 aromatic rings. The Hall–Kier alpha value is -0.0800. The third-order valence-corrected chi connectivity index (χ3v) is 10.8. The van der Waals surface area contributed by atoms with Crippen molar-refractivity contribution in [2.45, 2.75) is 90.6 Å². The molecule has 0 bridgehead atoms. The summed E-state index contributed by atoms with van der Waals surface area (Å²) in [4.78, 5) is 5.00. The van der Waals surface area contributed by atoms with Crippen LogP contribution in [0.15, 0.2) is 0 Å². The first kappa shape index (κ1) is 20.2. The molecule has 156 valence electrons. The van der Waals surface area contributed by atoms with Crippen molar-refractivity contribution < 1.29 is 0 Å². The van der Waals surface area contributed by atoms with Crippen LogP contribution in [0.3, 0.4) is 0 Å². The molecular formula is C25H46N2. The monoisotopic (exact) mass is 374 g/mol. The summed E-state index contributed by atoms with van der Waals surface area (Å²) in [5.41, 5.74) is 1.25. The lowest BCUT2D eigenvalue weighted by Crippen LogP contribution is -2.55. The molecule has 2 heteroatoms. The normalized spacial score (nSPS) is 51.0. The van der Waals surface area contributed by atoms with E-state index in [1.165, 1.54) is 57.8 Å². The maximum Gasteiger partial charge on any atom is 0.00944 e. The van der Waals surface area contributed by atoms with E-state index in [2.05, 4.69) is 58.8 Å². The molecule has 0 amide bonds. The minimum Gasteiger partial charge on any atom is -0.306 e. The summed E-state index contributed by atoms with van der Waals surface area (Å²) in [6.07, 6.45) is 13.5. The highest BCUT2D eigenvalue weighted by molar-refractivity contribution is 5.10. The van der Waals surface area contributed by atoms with Gasteiger partial charge in [0.2, 0.25) is 0 Å². The zero-order chi connectivity index (χ0) is 19.6. The first-order valence-corrected chi connectivity index (χ1v) is 12.0. The van der Waals surface area contributed by atoms with Gasteiger partial charge in [-0.1, -0.05) is 13.8 Å². The van der Waals surface area contributed by atoms with E-state index < -0.39 is 0 Å². The zero-order valence-electron chi connectivity index (χ0n) is 19.3. The van der Waals surface area contributed by atoms with Crippen LogP contribution in [-0.4, -0.2) is 50.1 Å². The van der Waals surface area contributed by atoms with Crippen molar-refractivity contribution in [1.29, 1.82) is 0 Å². The molecule has 27 heavy (non-hydrogen) atoms. The number of rotatable bonds is 3. The van der Waals surface area contributed by atoms with Gasteiger partial charge >= 0.3 is 0 Å². The molecule has 0 unspecified atom stereocenters. The maximum absolute atomic E-state index is 2.72. The molecule has 0 heterocycles. The lowest BCUT2D eigenvalue weighted by atomic mass is 9.44. The molecule has 0 aliphatic heterocycles. The van der Waals surface area contributed by atoms with Crippen molar-refractivity contribution in [2.75, 3.05) is 28.2 Å². The molecular weight excluding hydrogens is 328 g/mol. The van der Waals surface area contributed by atoms with Crippen LogP contribution in [0.4, 0.5) is 0 Å². The van der Waals surface area contributed by atoms with E-state index in [0.717, 1.165) is 41.7 Å². The molecule has 0 radical (unpaired) electrons. The quantitative estimate of drug-likeness (QED) is 0.641. The van der Waals surface area contributed by atoms with Gasteiger partial charge in [-0.05, 0) is 133 Å². The Morgan fingerprint density at radius 2 is 1.44 bits per heavy atom. The van der Waals surface area contributed by atoms with Gasteiger partial charge in [0, 0.05) is 12.1 Å². The first-order chi connectivity index (χ1) is 12.7. The summed E-state index contributed by atoms with van der Waals surface area (Å²) >= 11 is 0. The SMILES string of the molecule is C[C@@H]([C@@H]1CC[C@@H]2[C@@H]3CC[C@@H]4C[C@@H](N(C)C)CC[C@]4(C)[C@H]3CC[C@@]21C)N(C)C. The van der Waals surface area contributed by atoms with E-state index in [-0.39, 0.29) is 0 Å². The van der Waals surface area contributed by atoms with Crippen LogP contribution < -0.4 is 0 Å². The van der Waals surface area contributed by atoms with Gasteiger partial charge in [-0.25, -0.2) is 0 Å². The highest BCUT2D eigenvalue weighted by Gasteiger charge is 2.60.